The monoisotopic (exact) mass is 360 g/mol. The average Bonchev–Trinajstić information content (AvgIpc) is 2.93. The molecule has 1 aromatic heterocycles. The van der Waals surface area contributed by atoms with Gasteiger partial charge in [0, 0.05) is 23.5 Å². The van der Waals surface area contributed by atoms with Crippen LogP contribution >= 0.6 is 0 Å². The minimum Gasteiger partial charge on any atom is -0.508 e. The molecule has 0 aliphatic rings. The number of esters is 1. The van der Waals surface area contributed by atoms with Crippen LogP contribution in [0.15, 0.2) is 48.5 Å². The first kappa shape index (κ1) is 18.3. The summed E-state index contributed by atoms with van der Waals surface area (Å²) in [7, 11) is 1.37. The number of hydrogen-bond donors (Lipinski definition) is 1. The molecule has 1 N–H and O–H groups in total. The molecule has 0 spiro atoms. The molecule has 1 heterocycles. The van der Waals surface area contributed by atoms with E-state index >= 15 is 0 Å². The lowest BCUT2D eigenvalue weighted by Crippen LogP contribution is -2.07. The minimum absolute atomic E-state index is 0.216. The Hall–Kier alpha value is -3.52. The van der Waals surface area contributed by atoms with Gasteiger partial charge in [-0.05, 0) is 49.2 Å². The van der Waals surface area contributed by atoms with Gasteiger partial charge in [-0.1, -0.05) is 24.3 Å². The third-order valence-corrected chi connectivity index (χ3v) is 4.75. The van der Waals surface area contributed by atoms with E-state index in [9.17, 15) is 9.90 Å². The van der Waals surface area contributed by atoms with Gasteiger partial charge >= 0.3 is 5.97 Å². The van der Waals surface area contributed by atoms with Gasteiger partial charge in [-0.25, -0.2) is 4.79 Å². The highest BCUT2D eigenvalue weighted by Crippen LogP contribution is 2.33. The summed E-state index contributed by atoms with van der Waals surface area (Å²) in [6.07, 6.45) is 0. The number of rotatable bonds is 4. The van der Waals surface area contributed by atoms with Crippen molar-refractivity contribution < 1.29 is 14.6 Å². The molecule has 0 unspecified atom stereocenters. The molecule has 3 rings (SSSR count). The molecule has 0 fully saturated rings. The first-order valence-electron chi connectivity index (χ1n) is 8.52. The molecular weight excluding hydrogens is 340 g/mol. The van der Waals surface area contributed by atoms with Crippen molar-refractivity contribution in [3.05, 3.63) is 76.6 Å². The van der Waals surface area contributed by atoms with E-state index in [2.05, 4.69) is 10.6 Å². The summed E-state index contributed by atoms with van der Waals surface area (Å²) in [5, 5.41) is 18.5. The van der Waals surface area contributed by atoms with Gasteiger partial charge in [0.15, 0.2) is 0 Å². The van der Waals surface area contributed by atoms with Crippen LogP contribution < -0.4 is 0 Å². The van der Waals surface area contributed by atoms with E-state index in [0.717, 1.165) is 28.1 Å². The van der Waals surface area contributed by atoms with Gasteiger partial charge in [0.1, 0.15) is 5.75 Å². The number of carbonyl (C=O) groups excluding carboxylic acids is 1. The molecule has 0 aliphatic heterocycles. The standard InChI is InChI=1S/C22H20N2O3/c1-14-20(18-8-4-16(12-23)5-9-18)21(22(26)27-3)15(2)24(14)13-17-6-10-19(25)11-7-17/h4-11,25H,13H2,1-3H3. The minimum atomic E-state index is -0.389. The number of nitrogens with zero attached hydrogens (tertiary/aromatic N) is 2. The number of aromatic hydroxyl groups is 1. The Morgan fingerprint density at radius 1 is 1.07 bits per heavy atom. The molecule has 3 aromatic rings. The normalized spacial score (nSPS) is 10.4. The van der Waals surface area contributed by atoms with Crippen molar-refractivity contribution in [2.45, 2.75) is 20.4 Å². The fourth-order valence-corrected chi connectivity index (χ4v) is 3.32. The van der Waals surface area contributed by atoms with Crippen molar-refractivity contribution >= 4 is 5.97 Å². The van der Waals surface area contributed by atoms with Crippen molar-refractivity contribution in [2.24, 2.45) is 0 Å². The second-order valence-electron chi connectivity index (χ2n) is 6.35. The summed E-state index contributed by atoms with van der Waals surface area (Å²) >= 11 is 0. The lowest BCUT2D eigenvalue weighted by Gasteiger charge is -2.10. The Bertz CT molecular complexity index is 1020. The molecule has 0 bridgehead atoms. The molecule has 0 saturated carbocycles. The maximum atomic E-state index is 12.5. The number of phenols is 1. The molecule has 2 aromatic carbocycles. The third kappa shape index (κ3) is 3.42. The number of phenolic OH excluding ortho intramolecular Hbond substituents is 1. The largest absolute Gasteiger partial charge is 0.508 e. The molecule has 136 valence electrons. The first-order valence-corrected chi connectivity index (χ1v) is 8.52. The van der Waals surface area contributed by atoms with Gasteiger partial charge in [-0.15, -0.1) is 0 Å². The molecular formula is C22H20N2O3. The zero-order chi connectivity index (χ0) is 19.6. The smallest absolute Gasteiger partial charge is 0.340 e. The summed E-state index contributed by atoms with van der Waals surface area (Å²) in [5.74, 6) is -0.173. The highest BCUT2D eigenvalue weighted by molar-refractivity contribution is 5.99. The van der Waals surface area contributed by atoms with Crippen LogP contribution in [0.1, 0.15) is 32.9 Å². The van der Waals surface area contributed by atoms with E-state index in [1.54, 1.807) is 24.3 Å². The highest BCUT2D eigenvalue weighted by atomic mass is 16.5. The second kappa shape index (κ2) is 7.38. The first-order chi connectivity index (χ1) is 13.0. The summed E-state index contributed by atoms with van der Waals surface area (Å²) in [6.45, 7) is 4.43. The lowest BCUT2D eigenvalue weighted by atomic mass is 9.99. The Balaban J connectivity index is 2.15. The summed E-state index contributed by atoms with van der Waals surface area (Å²) in [5.41, 5.74) is 5.52. The van der Waals surface area contributed by atoms with Crippen molar-refractivity contribution in [1.82, 2.24) is 4.57 Å². The van der Waals surface area contributed by atoms with Crippen LogP contribution in [0, 0.1) is 25.2 Å². The van der Waals surface area contributed by atoms with Gasteiger partial charge in [-0.2, -0.15) is 5.26 Å². The second-order valence-corrected chi connectivity index (χ2v) is 6.35. The maximum absolute atomic E-state index is 12.5. The number of benzene rings is 2. The SMILES string of the molecule is COC(=O)c1c(-c2ccc(C#N)cc2)c(C)n(Cc2ccc(O)cc2)c1C. The number of carbonyl (C=O) groups is 1. The van der Waals surface area contributed by atoms with E-state index in [1.807, 2.05) is 38.1 Å². The predicted octanol–water partition coefficient (Wildman–Crippen LogP) is 4.18. The van der Waals surface area contributed by atoms with Crippen LogP contribution in [0.2, 0.25) is 0 Å². The Morgan fingerprint density at radius 2 is 1.70 bits per heavy atom. The average molecular weight is 360 g/mol. The summed E-state index contributed by atoms with van der Waals surface area (Å²) in [6, 6.07) is 16.3. The lowest BCUT2D eigenvalue weighted by molar-refractivity contribution is 0.0600. The van der Waals surface area contributed by atoms with Crippen LogP contribution in [0.5, 0.6) is 5.75 Å². The van der Waals surface area contributed by atoms with E-state index in [1.165, 1.54) is 7.11 Å². The Kier molecular flexibility index (Phi) is 5.00. The topological polar surface area (TPSA) is 75.2 Å². The number of hydrogen-bond acceptors (Lipinski definition) is 4. The molecule has 0 amide bonds. The molecule has 0 radical (unpaired) electrons. The maximum Gasteiger partial charge on any atom is 0.340 e. The Morgan fingerprint density at radius 3 is 2.26 bits per heavy atom. The molecule has 5 nitrogen and oxygen atoms in total. The number of nitriles is 1. The van der Waals surface area contributed by atoms with Gasteiger partial charge in [0.25, 0.3) is 0 Å². The van der Waals surface area contributed by atoms with Gasteiger partial charge < -0.3 is 14.4 Å². The van der Waals surface area contributed by atoms with Crippen LogP contribution in [-0.2, 0) is 11.3 Å². The molecule has 5 heteroatoms. The fourth-order valence-electron chi connectivity index (χ4n) is 3.32. The van der Waals surface area contributed by atoms with Crippen molar-refractivity contribution in [3.63, 3.8) is 0 Å². The third-order valence-electron chi connectivity index (χ3n) is 4.75. The molecule has 0 atom stereocenters. The predicted molar refractivity (Wildman–Crippen MR) is 103 cm³/mol. The highest BCUT2D eigenvalue weighted by Gasteiger charge is 2.24. The zero-order valence-corrected chi connectivity index (χ0v) is 15.5. The van der Waals surface area contributed by atoms with Gasteiger partial charge in [0.2, 0.25) is 0 Å². The summed E-state index contributed by atoms with van der Waals surface area (Å²) < 4.78 is 7.08. The van der Waals surface area contributed by atoms with E-state index in [0.29, 0.717) is 17.7 Å². The molecule has 0 saturated heterocycles. The van der Waals surface area contributed by atoms with E-state index < -0.39 is 0 Å². The van der Waals surface area contributed by atoms with Crippen LogP contribution in [0.3, 0.4) is 0 Å². The quantitative estimate of drug-likeness (QED) is 0.708. The van der Waals surface area contributed by atoms with Crippen molar-refractivity contribution in [1.29, 1.82) is 5.26 Å². The molecule has 0 aliphatic carbocycles. The zero-order valence-electron chi connectivity index (χ0n) is 15.5. The van der Waals surface area contributed by atoms with Gasteiger partial charge in [0.05, 0.1) is 24.3 Å². The Labute approximate surface area is 158 Å². The summed E-state index contributed by atoms with van der Waals surface area (Å²) in [4.78, 5) is 12.5. The van der Waals surface area contributed by atoms with E-state index in [-0.39, 0.29) is 11.7 Å². The van der Waals surface area contributed by atoms with Crippen LogP contribution in [0.4, 0.5) is 0 Å². The van der Waals surface area contributed by atoms with Crippen molar-refractivity contribution in [3.8, 4) is 22.9 Å². The van der Waals surface area contributed by atoms with Crippen LogP contribution in [-0.4, -0.2) is 22.8 Å². The van der Waals surface area contributed by atoms with Crippen LogP contribution in [0.25, 0.3) is 11.1 Å². The number of aromatic nitrogens is 1. The fraction of sp³-hybridized carbons (Fsp3) is 0.182. The van der Waals surface area contributed by atoms with Crippen molar-refractivity contribution in [2.75, 3.05) is 7.11 Å². The molecule has 27 heavy (non-hydrogen) atoms. The number of methoxy groups -OCH3 is 1. The number of ether oxygens (including phenoxy) is 1. The van der Waals surface area contributed by atoms with E-state index in [4.69, 9.17) is 10.00 Å². The van der Waals surface area contributed by atoms with Gasteiger partial charge in [-0.3, -0.25) is 0 Å².